The maximum Gasteiger partial charge on any atom is 0.251 e. The van der Waals surface area contributed by atoms with E-state index in [9.17, 15) is 4.79 Å². The molecule has 132 valence electrons. The van der Waals surface area contributed by atoms with Gasteiger partial charge in [-0.2, -0.15) is 0 Å². The molecule has 0 saturated carbocycles. The van der Waals surface area contributed by atoms with Crippen molar-refractivity contribution in [2.75, 3.05) is 50.4 Å². The van der Waals surface area contributed by atoms with Crippen LogP contribution in [0.1, 0.15) is 42.5 Å². The molecule has 5 heteroatoms. The van der Waals surface area contributed by atoms with E-state index in [1.165, 1.54) is 49.4 Å². The zero-order valence-electron chi connectivity index (χ0n) is 14.7. The lowest BCUT2D eigenvalue weighted by atomic mass is 10.1. The van der Waals surface area contributed by atoms with Crippen molar-refractivity contribution >= 4 is 23.4 Å². The highest BCUT2D eigenvalue weighted by Gasteiger charge is 2.16. The molecule has 1 amide bonds. The van der Waals surface area contributed by atoms with E-state index < -0.39 is 0 Å². The first kappa shape index (κ1) is 17.6. The highest BCUT2D eigenvalue weighted by Crippen LogP contribution is 2.34. The number of carbonyl (C=O) groups excluding carboxylic acids is 1. The van der Waals surface area contributed by atoms with Crippen molar-refractivity contribution in [1.82, 2.24) is 10.2 Å². The third-order valence-electron chi connectivity index (χ3n) is 4.95. The molecule has 1 fully saturated rings. The summed E-state index contributed by atoms with van der Waals surface area (Å²) in [4.78, 5) is 18.5. The number of hydrogen-bond donors (Lipinski definition) is 1. The normalized spacial score (nSPS) is 18.8. The van der Waals surface area contributed by atoms with Gasteiger partial charge in [0.2, 0.25) is 0 Å². The van der Waals surface area contributed by atoms with Crippen LogP contribution in [0.15, 0.2) is 23.1 Å². The van der Waals surface area contributed by atoms with Gasteiger partial charge in [0, 0.05) is 36.3 Å². The summed E-state index contributed by atoms with van der Waals surface area (Å²) in [5.74, 6) is 1.17. The SMILES string of the molecule is CN1CCSc2ccc(C(=O)NCCCN3CCCCCC3)cc21. The van der Waals surface area contributed by atoms with Crippen molar-refractivity contribution in [3.63, 3.8) is 0 Å². The second-order valence-corrected chi connectivity index (χ2v) is 7.95. The summed E-state index contributed by atoms with van der Waals surface area (Å²) in [5, 5.41) is 3.08. The molecule has 0 aromatic heterocycles. The molecule has 1 aromatic rings. The van der Waals surface area contributed by atoms with E-state index >= 15 is 0 Å². The van der Waals surface area contributed by atoms with Gasteiger partial charge in [0.25, 0.3) is 5.91 Å². The van der Waals surface area contributed by atoms with Crippen molar-refractivity contribution in [2.45, 2.75) is 37.0 Å². The molecule has 0 atom stereocenters. The Morgan fingerprint density at radius 1 is 1.17 bits per heavy atom. The Labute approximate surface area is 150 Å². The highest BCUT2D eigenvalue weighted by molar-refractivity contribution is 7.99. The van der Waals surface area contributed by atoms with Gasteiger partial charge < -0.3 is 15.1 Å². The smallest absolute Gasteiger partial charge is 0.251 e. The topological polar surface area (TPSA) is 35.6 Å². The number of carbonyl (C=O) groups is 1. The van der Waals surface area contributed by atoms with Crippen LogP contribution in [-0.2, 0) is 0 Å². The second kappa shape index (κ2) is 8.77. The van der Waals surface area contributed by atoms with Gasteiger partial charge >= 0.3 is 0 Å². The standard InChI is InChI=1S/C19H29N3OS/c1-21-13-14-24-18-8-7-16(15-17(18)21)19(23)20-9-6-12-22-10-4-2-3-5-11-22/h7-8,15H,2-6,9-14H2,1H3,(H,20,23). The zero-order chi connectivity index (χ0) is 16.8. The number of benzene rings is 1. The Bertz CT molecular complexity index is 556. The summed E-state index contributed by atoms with van der Waals surface area (Å²) in [7, 11) is 2.10. The first-order valence-electron chi connectivity index (χ1n) is 9.22. The second-order valence-electron chi connectivity index (χ2n) is 6.82. The summed E-state index contributed by atoms with van der Waals surface area (Å²) in [6.07, 6.45) is 6.43. The summed E-state index contributed by atoms with van der Waals surface area (Å²) in [5.41, 5.74) is 1.96. The number of hydrogen-bond acceptors (Lipinski definition) is 4. The van der Waals surface area contributed by atoms with Crippen molar-refractivity contribution in [1.29, 1.82) is 0 Å². The average molecular weight is 348 g/mol. The monoisotopic (exact) mass is 347 g/mol. The molecule has 24 heavy (non-hydrogen) atoms. The molecule has 0 bridgehead atoms. The van der Waals surface area contributed by atoms with Gasteiger partial charge in [-0.25, -0.2) is 0 Å². The number of thioether (sulfide) groups is 1. The quantitative estimate of drug-likeness (QED) is 0.830. The first-order chi connectivity index (χ1) is 11.7. The minimum Gasteiger partial charge on any atom is -0.373 e. The molecule has 4 nitrogen and oxygen atoms in total. The number of nitrogens with zero attached hydrogens (tertiary/aromatic N) is 2. The van der Waals surface area contributed by atoms with Crippen molar-refractivity contribution in [3.05, 3.63) is 23.8 Å². The minimum absolute atomic E-state index is 0.0534. The fourth-order valence-electron chi connectivity index (χ4n) is 3.46. The molecule has 0 spiro atoms. The molecule has 0 radical (unpaired) electrons. The van der Waals surface area contributed by atoms with Gasteiger partial charge in [0.15, 0.2) is 0 Å². The summed E-state index contributed by atoms with van der Waals surface area (Å²) in [6.45, 7) is 5.35. The van der Waals surface area contributed by atoms with Crippen LogP contribution in [0.25, 0.3) is 0 Å². The van der Waals surface area contributed by atoms with Gasteiger partial charge in [-0.1, -0.05) is 12.8 Å². The Hall–Kier alpha value is -1.20. The molecule has 1 aromatic carbocycles. The fraction of sp³-hybridized carbons (Fsp3) is 0.632. The summed E-state index contributed by atoms with van der Waals surface area (Å²) in [6, 6.07) is 6.07. The van der Waals surface area contributed by atoms with Crippen molar-refractivity contribution in [3.8, 4) is 0 Å². The maximum atomic E-state index is 12.4. The van der Waals surface area contributed by atoms with Crippen molar-refractivity contribution < 1.29 is 4.79 Å². The fourth-order valence-corrected chi connectivity index (χ4v) is 4.57. The van der Waals surface area contributed by atoms with Crippen LogP contribution in [-0.4, -0.2) is 56.3 Å². The van der Waals surface area contributed by atoms with E-state index in [-0.39, 0.29) is 5.91 Å². The van der Waals surface area contributed by atoms with Crippen LogP contribution in [0.2, 0.25) is 0 Å². The Morgan fingerprint density at radius 3 is 2.75 bits per heavy atom. The van der Waals surface area contributed by atoms with E-state index in [2.05, 4.69) is 28.2 Å². The molecule has 2 aliphatic heterocycles. The molecule has 0 aliphatic carbocycles. The van der Waals surface area contributed by atoms with E-state index in [0.29, 0.717) is 0 Å². The van der Waals surface area contributed by atoms with E-state index in [1.54, 1.807) is 0 Å². The molecule has 1 saturated heterocycles. The van der Waals surface area contributed by atoms with Gasteiger partial charge in [0.1, 0.15) is 0 Å². The van der Waals surface area contributed by atoms with Gasteiger partial charge in [0.05, 0.1) is 5.69 Å². The predicted octanol–water partition coefficient (Wildman–Crippen LogP) is 3.22. The molecular formula is C19H29N3OS. The lowest BCUT2D eigenvalue weighted by Crippen LogP contribution is -2.31. The molecule has 3 rings (SSSR count). The van der Waals surface area contributed by atoms with Crippen LogP contribution in [0, 0.1) is 0 Å². The van der Waals surface area contributed by atoms with Crippen LogP contribution in [0.5, 0.6) is 0 Å². The summed E-state index contributed by atoms with van der Waals surface area (Å²) >= 11 is 1.87. The van der Waals surface area contributed by atoms with Crippen molar-refractivity contribution in [2.24, 2.45) is 0 Å². The minimum atomic E-state index is 0.0534. The third-order valence-corrected chi connectivity index (χ3v) is 5.99. The molecular weight excluding hydrogens is 318 g/mol. The molecule has 1 N–H and O–H groups in total. The van der Waals surface area contributed by atoms with E-state index in [1.807, 2.05) is 23.9 Å². The zero-order valence-corrected chi connectivity index (χ0v) is 15.5. The van der Waals surface area contributed by atoms with Crippen LogP contribution in [0.3, 0.4) is 0 Å². The van der Waals surface area contributed by atoms with Crippen LogP contribution < -0.4 is 10.2 Å². The lowest BCUT2D eigenvalue weighted by Gasteiger charge is -2.27. The largest absolute Gasteiger partial charge is 0.373 e. The molecule has 0 unspecified atom stereocenters. The number of anilines is 1. The molecule has 2 heterocycles. The number of rotatable bonds is 5. The van der Waals surface area contributed by atoms with Crippen LogP contribution >= 0.6 is 11.8 Å². The van der Waals surface area contributed by atoms with Crippen LogP contribution in [0.4, 0.5) is 5.69 Å². The lowest BCUT2D eigenvalue weighted by molar-refractivity contribution is 0.0951. The Kier molecular flexibility index (Phi) is 6.44. The number of amides is 1. The number of likely N-dealkylation sites (tertiary alicyclic amines) is 1. The van der Waals surface area contributed by atoms with Gasteiger partial charge in [-0.15, -0.1) is 11.8 Å². The first-order valence-corrected chi connectivity index (χ1v) is 10.2. The average Bonchev–Trinajstić information content (AvgIpc) is 2.87. The summed E-state index contributed by atoms with van der Waals surface area (Å²) < 4.78 is 0. The Morgan fingerprint density at radius 2 is 1.96 bits per heavy atom. The van der Waals surface area contributed by atoms with Gasteiger partial charge in [-0.05, 0) is 57.1 Å². The third kappa shape index (κ3) is 4.67. The molecule has 2 aliphatic rings. The van der Waals surface area contributed by atoms with E-state index in [0.717, 1.165) is 37.4 Å². The van der Waals surface area contributed by atoms with Gasteiger partial charge in [-0.3, -0.25) is 4.79 Å². The predicted molar refractivity (Wildman–Crippen MR) is 102 cm³/mol. The number of nitrogens with one attached hydrogen (secondary N) is 1. The maximum absolute atomic E-state index is 12.4. The Balaban J connectivity index is 1.46. The van der Waals surface area contributed by atoms with E-state index in [4.69, 9.17) is 0 Å². The highest BCUT2D eigenvalue weighted by atomic mass is 32.2. The number of fused-ring (bicyclic) bond motifs is 1.